The molecule has 4 aliphatic carbocycles. The van der Waals surface area contributed by atoms with Crippen molar-refractivity contribution < 1.29 is 28.7 Å². The Kier molecular flexibility index (Phi) is 15.3. The smallest absolute Gasteiger partial charge is 0.407 e. The molecule has 70 heavy (non-hydrogen) atoms. The number of nitrogens with zero attached hydrogens (tertiary/aromatic N) is 4. The number of piperidine rings is 2. The quantitative estimate of drug-likeness (QED) is 0.0898. The Labute approximate surface area is 419 Å². The molecule has 4 N–H and O–H groups in total. The highest BCUT2D eigenvalue weighted by Gasteiger charge is 2.52. The number of hydrogen-bond donors (Lipinski definition) is 4. The lowest BCUT2D eigenvalue weighted by Gasteiger charge is -2.36. The molecule has 4 unspecified atom stereocenters. The maximum Gasteiger partial charge on any atom is 0.407 e. The summed E-state index contributed by atoms with van der Waals surface area (Å²) in [7, 11) is 2.64. The molecule has 6 aliphatic rings. The van der Waals surface area contributed by atoms with E-state index in [1.54, 1.807) is 23.5 Å². The number of likely N-dealkylation sites (tertiary alicyclic amines) is 2. The van der Waals surface area contributed by atoms with Gasteiger partial charge in [0, 0.05) is 35.6 Å². The van der Waals surface area contributed by atoms with Crippen molar-refractivity contribution in [1.82, 2.24) is 40.4 Å². The number of aryl methyl sites for hydroxylation is 2. The minimum atomic E-state index is -0.670. The Hall–Kier alpha value is -5.74. The van der Waals surface area contributed by atoms with Crippen LogP contribution in [0.5, 0.6) is 0 Å². The van der Waals surface area contributed by atoms with Crippen LogP contribution in [0.2, 0.25) is 0 Å². The SMILES string of the molecule is C=C1/C=C(/c2c[nH]c([C@@H]3C4CCC(C4)N3C(=O)[C@H](CCSC)NC(=O)OC)n2)C(=C)CCc2ccc(c(-c3ccc(-c4c[nH]c([C@@H]5C6CCC(C6)N5C(=O)[C@H](CCSC)NC(=O)OC)n4)cc3)c2)CC1. The zero-order valence-electron chi connectivity index (χ0n) is 40.8. The average Bonchev–Trinajstić information content (AvgIpc) is 4.26. The lowest BCUT2D eigenvalue weighted by atomic mass is 9.89. The van der Waals surface area contributed by atoms with E-state index in [0.717, 1.165) is 127 Å². The van der Waals surface area contributed by atoms with Crippen molar-refractivity contribution in [2.75, 3.05) is 38.2 Å². The summed E-state index contributed by atoms with van der Waals surface area (Å²) in [6.07, 6.45) is 18.8. The molecule has 0 spiro atoms. The molecule has 6 bridgehead atoms. The minimum absolute atomic E-state index is 0.0728. The number of aromatic nitrogens is 4. The molecule has 4 amide bonds. The number of fused-ring (bicyclic) bond motifs is 12. The molecule has 0 radical (unpaired) electrons. The zero-order valence-corrected chi connectivity index (χ0v) is 42.4. The van der Waals surface area contributed by atoms with Crippen molar-refractivity contribution in [2.24, 2.45) is 11.8 Å². The summed E-state index contributed by atoms with van der Waals surface area (Å²) in [4.78, 5) is 74.1. The van der Waals surface area contributed by atoms with Gasteiger partial charge < -0.3 is 39.9 Å². The van der Waals surface area contributed by atoms with Crippen LogP contribution in [0.1, 0.15) is 105 Å². The highest BCUT2D eigenvalue weighted by Crippen LogP contribution is 2.51. The van der Waals surface area contributed by atoms with E-state index in [1.807, 2.05) is 34.7 Å². The number of alkyl carbamates (subject to hydrolysis) is 2. The number of carbonyl (C=O) groups is 4. The van der Waals surface area contributed by atoms with Crippen LogP contribution >= 0.6 is 23.5 Å². The van der Waals surface area contributed by atoms with Gasteiger partial charge >= 0.3 is 12.2 Å². The van der Waals surface area contributed by atoms with Gasteiger partial charge in [-0.1, -0.05) is 61.2 Å². The van der Waals surface area contributed by atoms with Crippen molar-refractivity contribution in [3.05, 3.63) is 114 Å². The number of rotatable bonds is 15. The maximum absolute atomic E-state index is 14.2. The van der Waals surface area contributed by atoms with E-state index in [-0.39, 0.29) is 41.9 Å². The molecule has 2 aromatic heterocycles. The molecule has 14 nitrogen and oxygen atoms in total. The number of thioether (sulfide) groups is 2. The summed E-state index contributed by atoms with van der Waals surface area (Å²) in [5.74, 6) is 3.47. The molecular weight excluding hydrogens is 921 g/mol. The van der Waals surface area contributed by atoms with Gasteiger partial charge in [-0.05, 0) is 147 Å². The van der Waals surface area contributed by atoms with Crippen LogP contribution in [-0.2, 0) is 31.9 Å². The summed E-state index contributed by atoms with van der Waals surface area (Å²) < 4.78 is 9.77. The Morgan fingerprint density at radius 2 is 1.26 bits per heavy atom. The molecule has 16 heteroatoms. The fourth-order valence-corrected chi connectivity index (χ4v) is 12.7. The van der Waals surface area contributed by atoms with E-state index in [4.69, 9.17) is 19.4 Å². The van der Waals surface area contributed by atoms with Gasteiger partial charge in [-0.15, -0.1) is 0 Å². The number of benzene rings is 2. The number of methoxy groups -OCH3 is 2. The van der Waals surface area contributed by atoms with Crippen molar-refractivity contribution >= 4 is 53.1 Å². The van der Waals surface area contributed by atoms with Gasteiger partial charge in [-0.3, -0.25) is 9.59 Å². The number of carbonyl (C=O) groups excluding carboxylic acids is 4. The van der Waals surface area contributed by atoms with Gasteiger partial charge in [0.2, 0.25) is 11.8 Å². The van der Waals surface area contributed by atoms with E-state index in [1.165, 1.54) is 30.9 Å². The third kappa shape index (κ3) is 10.2. The van der Waals surface area contributed by atoms with E-state index in [0.29, 0.717) is 18.8 Å². The zero-order chi connectivity index (χ0) is 49.1. The predicted octanol–water partition coefficient (Wildman–Crippen LogP) is 9.60. The molecule has 2 aromatic carbocycles. The Morgan fingerprint density at radius 3 is 1.81 bits per heavy atom. The minimum Gasteiger partial charge on any atom is -0.453 e. The largest absolute Gasteiger partial charge is 0.453 e. The highest BCUT2D eigenvalue weighted by atomic mass is 32.2. The third-order valence-electron chi connectivity index (χ3n) is 15.3. The predicted molar refractivity (Wildman–Crippen MR) is 277 cm³/mol. The highest BCUT2D eigenvalue weighted by molar-refractivity contribution is 7.98. The van der Waals surface area contributed by atoms with E-state index >= 15 is 0 Å². The summed E-state index contributed by atoms with van der Waals surface area (Å²) in [5, 5.41) is 5.61. The monoisotopic (exact) mass is 986 g/mol. The number of hydrogen-bond acceptors (Lipinski definition) is 10. The first kappa shape index (κ1) is 49.2. The van der Waals surface area contributed by atoms with Crippen LogP contribution in [0.25, 0.3) is 28.0 Å². The van der Waals surface area contributed by atoms with Gasteiger partial charge in [0.1, 0.15) is 23.7 Å². The number of ether oxygens (including phenoxy) is 2. The Bertz CT molecular complexity index is 2640. The van der Waals surface area contributed by atoms with Crippen LogP contribution < -0.4 is 10.6 Å². The number of nitrogens with one attached hydrogen (secondary N) is 4. The number of amides is 4. The molecule has 4 heterocycles. The standard InChI is InChI=1S/C54H66N8O6S2/c1-31-7-11-34-12-10-33(9-8-32(2)41(25-31)46-30-56-50(58-46)48-38-18-20-40(28-38)62(48)52(64)44(22-24-70-6)60-54(66)68-4)26-42(34)35-13-15-36(16-14-35)45-29-55-49(57-45)47-37-17-19-39(27-37)61(47)51(63)43(21-23-69-5)59-53(65)67-3/h10,12-16,25-26,29-30,37-40,43-44,47-48H,1-2,7-9,11,17-24,27-28H2,3-6H3,(H,55,57)(H,56,58)(H,59,65)(H,60,66)/b41-25+/t37?,38?,39?,40?,43-,44-,47-,48-/m0/s1. The Morgan fingerprint density at radius 1 is 0.714 bits per heavy atom. The third-order valence-corrected chi connectivity index (χ3v) is 16.6. The average molecular weight is 987 g/mol. The van der Waals surface area contributed by atoms with Gasteiger partial charge in [0.15, 0.2) is 0 Å². The second kappa shape index (κ2) is 21.7. The van der Waals surface area contributed by atoms with E-state index in [2.05, 4.69) is 82.3 Å². The van der Waals surface area contributed by atoms with Crippen molar-refractivity contribution in [3.8, 4) is 22.4 Å². The van der Waals surface area contributed by atoms with Gasteiger partial charge in [0.25, 0.3) is 0 Å². The van der Waals surface area contributed by atoms with Gasteiger partial charge in [0.05, 0.1) is 37.7 Å². The van der Waals surface area contributed by atoms with Gasteiger partial charge in [-0.2, -0.15) is 23.5 Å². The van der Waals surface area contributed by atoms with Crippen LogP contribution in [0, 0.1) is 11.8 Å². The van der Waals surface area contributed by atoms with Crippen molar-refractivity contribution in [2.45, 2.75) is 113 Å². The lowest BCUT2D eigenvalue weighted by molar-refractivity contribution is -0.139. The van der Waals surface area contributed by atoms with Crippen molar-refractivity contribution in [3.63, 3.8) is 0 Å². The first-order valence-electron chi connectivity index (χ1n) is 24.7. The second-order valence-electron chi connectivity index (χ2n) is 19.5. The second-order valence-corrected chi connectivity index (χ2v) is 21.5. The summed E-state index contributed by atoms with van der Waals surface area (Å²) in [6, 6.07) is 13.9. The van der Waals surface area contributed by atoms with E-state index < -0.39 is 24.3 Å². The van der Waals surface area contributed by atoms with E-state index in [9.17, 15) is 19.2 Å². The van der Waals surface area contributed by atoms with Crippen LogP contribution in [-0.4, -0.2) is 116 Å². The molecular formula is C54H66N8O6S2. The maximum atomic E-state index is 14.2. The lowest BCUT2D eigenvalue weighted by Crippen LogP contribution is -2.52. The van der Waals surface area contributed by atoms with Crippen LogP contribution in [0.3, 0.4) is 0 Å². The molecule has 10 rings (SSSR count). The molecule has 8 atom stereocenters. The molecule has 2 aliphatic heterocycles. The normalized spacial score (nSPS) is 24.4. The molecule has 4 fully saturated rings. The molecule has 2 saturated carbocycles. The first-order chi connectivity index (χ1) is 34.0. The number of H-pyrrole nitrogens is 2. The summed E-state index contributed by atoms with van der Waals surface area (Å²) in [6.45, 7) is 9.12. The molecule has 370 valence electrons. The summed E-state index contributed by atoms with van der Waals surface area (Å²) in [5.41, 5.74) is 10.3. The van der Waals surface area contributed by atoms with Gasteiger partial charge in [-0.25, -0.2) is 19.6 Å². The fourth-order valence-electron chi connectivity index (χ4n) is 11.8. The van der Waals surface area contributed by atoms with Crippen molar-refractivity contribution in [1.29, 1.82) is 0 Å². The molecule has 4 aromatic rings. The number of aromatic amines is 2. The number of allylic oxidation sites excluding steroid dienone is 4. The molecule has 2 saturated heterocycles. The number of imidazole rings is 2. The van der Waals surface area contributed by atoms with Crippen LogP contribution in [0.4, 0.5) is 9.59 Å². The first-order valence-corrected chi connectivity index (χ1v) is 27.5. The summed E-state index contributed by atoms with van der Waals surface area (Å²) >= 11 is 3.29. The fraction of sp³-hybridized carbons (Fsp3) is 0.481. The topological polar surface area (TPSA) is 175 Å². The van der Waals surface area contributed by atoms with Crippen LogP contribution in [0.15, 0.2) is 85.2 Å². The Balaban J connectivity index is 0.899.